The average Bonchev–Trinajstić information content (AvgIpc) is 2.55. The molecule has 0 aromatic heterocycles. The van der Waals surface area contributed by atoms with Gasteiger partial charge in [-0.2, -0.15) is 0 Å². The van der Waals surface area contributed by atoms with Gasteiger partial charge >= 0.3 is 0 Å². The van der Waals surface area contributed by atoms with Crippen molar-refractivity contribution in [3.8, 4) is 0 Å². The Bertz CT molecular complexity index is 361. The standard InChI is InChI=1S/C18H29NO2/c1-20-14-15-21-13-5-12-19-18-10-8-17(9-11-18)16-6-3-2-4-7-16/h2-4,6-7,17-19H,5,8-15H2,1H3. The van der Waals surface area contributed by atoms with E-state index in [9.17, 15) is 0 Å². The maximum absolute atomic E-state index is 5.47. The van der Waals surface area contributed by atoms with Gasteiger partial charge in [-0.25, -0.2) is 0 Å². The van der Waals surface area contributed by atoms with Crippen molar-refractivity contribution in [1.29, 1.82) is 0 Å². The number of nitrogens with one attached hydrogen (secondary N) is 1. The topological polar surface area (TPSA) is 30.5 Å². The minimum atomic E-state index is 0.691. The van der Waals surface area contributed by atoms with E-state index in [1.165, 1.54) is 31.2 Å². The average molecular weight is 291 g/mol. The lowest BCUT2D eigenvalue weighted by molar-refractivity contribution is 0.0691. The molecule has 0 unspecified atom stereocenters. The Morgan fingerprint density at radius 2 is 1.76 bits per heavy atom. The van der Waals surface area contributed by atoms with Crippen LogP contribution in [0.2, 0.25) is 0 Å². The van der Waals surface area contributed by atoms with Crippen molar-refractivity contribution in [2.24, 2.45) is 0 Å². The van der Waals surface area contributed by atoms with Gasteiger partial charge in [-0.3, -0.25) is 0 Å². The third-order valence-electron chi connectivity index (χ3n) is 4.33. The molecule has 1 N–H and O–H groups in total. The summed E-state index contributed by atoms with van der Waals surface area (Å²) in [4.78, 5) is 0. The van der Waals surface area contributed by atoms with E-state index >= 15 is 0 Å². The Morgan fingerprint density at radius 1 is 1.00 bits per heavy atom. The van der Waals surface area contributed by atoms with Crippen LogP contribution in [-0.4, -0.2) is 39.5 Å². The van der Waals surface area contributed by atoms with Crippen LogP contribution < -0.4 is 5.32 Å². The van der Waals surface area contributed by atoms with Gasteiger partial charge in [0, 0.05) is 19.8 Å². The van der Waals surface area contributed by atoms with E-state index in [1.54, 1.807) is 7.11 Å². The summed E-state index contributed by atoms with van der Waals surface area (Å²) in [6, 6.07) is 11.7. The van der Waals surface area contributed by atoms with Gasteiger partial charge in [-0.05, 0) is 50.1 Å². The van der Waals surface area contributed by atoms with E-state index in [2.05, 4.69) is 35.6 Å². The fourth-order valence-electron chi connectivity index (χ4n) is 3.08. The first kappa shape index (κ1) is 16.5. The fourth-order valence-corrected chi connectivity index (χ4v) is 3.08. The summed E-state index contributed by atoms with van der Waals surface area (Å²) in [7, 11) is 1.71. The zero-order valence-corrected chi connectivity index (χ0v) is 13.2. The minimum Gasteiger partial charge on any atom is -0.382 e. The van der Waals surface area contributed by atoms with Crippen molar-refractivity contribution in [2.45, 2.75) is 44.1 Å². The van der Waals surface area contributed by atoms with Crippen LogP contribution in [0.4, 0.5) is 0 Å². The zero-order chi connectivity index (χ0) is 14.8. The quantitative estimate of drug-likeness (QED) is 0.708. The molecule has 0 saturated heterocycles. The van der Waals surface area contributed by atoms with Gasteiger partial charge in [-0.1, -0.05) is 30.3 Å². The summed E-state index contributed by atoms with van der Waals surface area (Å²) in [5.41, 5.74) is 1.52. The Balaban J connectivity index is 1.53. The Hall–Kier alpha value is -0.900. The molecule has 0 atom stereocenters. The first-order valence-electron chi connectivity index (χ1n) is 8.25. The molecular weight excluding hydrogens is 262 g/mol. The third-order valence-corrected chi connectivity index (χ3v) is 4.33. The van der Waals surface area contributed by atoms with Crippen LogP contribution in [0.1, 0.15) is 43.6 Å². The molecular formula is C18H29NO2. The maximum atomic E-state index is 5.47. The molecule has 3 nitrogen and oxygen atoms in total. The molecule has 1 fully saturated rings. The van der Waals surface area contributed by atoms with Gasteiger partial charge in [0.25, 0.3) is 0 Å². The van der Waals surface area contributed by atoms with Crippen LogP contribution in [-0.2, 0) is 9.47 Å². The van der Waals surface area contributed by atoms with Gasteiger partial charge in [0.15, 0.2) is 0 Å². The molecule has 0 radical (unpaired) electrons. The van der Waals surface area contributed by atoms with E-state index in [4.69, 9.17) is 9.47 Å². The van der Waals surface area contributed by atoms with Crippen molar-refractivity contribution in [3.05, 3.63) is 35.9 Å². The molecule has 1 aromatic carbocycles. The number of ether oxygens (including phenoxy) is 2. The molecule has 1 aliphatic rings. The number of hydrogen-bond donors (Lipinski definition) is 1. The lowest BCUT2D eigenvalue weighted by Crippen LogP contribution is -2.33. The highest BCUT2D eigenvalue weighted by Crippen LogP contribution is 2.32. The molecule has 2 rings (SSSR count). The largest absolute Gasteiger partial charge is 0.382 e. The molecule has 0 heterocycles. The number of benzene rings is 1. The first-order chi connectivity index (χ1) is 10.4. The van der Waals surface area contributed by atoms with Crippen molar-refractivity contribution < 1.29 is 9.47 Å². The van der Waals surface area contributed by atoms with Gasteiger partial charge in [0.2, 0.25) is 0 Å². The highest BCUT2D eigenvalue weighted by molar-refractivity contribution is 5.20. The normalized spacial score (nSPS) is 22.3. The summed E-state index contributed by atoms with van der Waals surface area (Å²) in [6.07, 6.45) is 6.30. The summed E-state index contributed by atoms with van der Waals surface area (Å²) in [5.74, 6) is 0.765. The van der Waals surface area contributed by atoms with E-state index in [0.717, 1.165) is 25.5 Å². The van der Waals surface area contributed by atoms with Crippen LogP contribution in [0.5, 0.6) is 0 Å². The third kappa shape index (κ3) is 6.16. The molecule has 0 amide bonds. The van der Waals surface area contributed by atoms with Crippen molar-refractivity contribution >= 4 is 0 Å². The molecule has 118 valence electrons. The second kappa shape index (κ2) is 9.93. The maximum Gasteiger partial charge on any atom is 0.0700 e. The minimum absolute atomic E-state index is 0.691. The van der Waals surface area contributed by atoms with Gasteiger partial charge in [0.05, 0.1) is 13.2 Å². The Morgan fingerprint density at radius 3 is 2.48 bits per heavy atom. The molecule has 1 aromatic rings. The molecule has 1 saturated carbocycles. The van der Waals surface area contributed by atoms with E-state index in [0.29, 0.717) is 19.3 Å². The van der Waals surface area contributed by atoms with Gasteiger partial charge in [0.1, 0.15) is 0 Å². The summed E-state index contributed by atoms with van der Waals surface area (Å²) >= 11 is 0. The lowest BCUT2D eigenvalue weighted by atomic mass is 9.82. The van der Waals surface area contributed by atoms with Crippen LogP contribution in [0.15, 0.2) is 30.3 Å². The second-order valence-electron chi connectivity index (χ2n) is 5.87. The first-order valence-corrected chi connectivity index (χ1v) is 8.25. The van der Waals surface area contributed by atoms with E-state index in [-0.39, 0.29) is 0 Å². The van der Waals surface area contributed by atoms with E-state index in [1.807, 2.05) is 0 Å². The monoisotopic (exact) mass is 291 g/mol. The van der Waals surface area contributed by atoms with Crippen molar-refractivity contribution in [2.75, 3.05) is 33.5 Å². The highest BCUT2D eigenvalue weighted by Gasteiger charge is 2.21. The smallest absolute Gasteiger partial charge is 0.0700 e. The molecule has 3 heteroatoms. The van der Waals surface area contributed by atoms with Crippen LogP contribution in [0.25, 0.3) is 0 Å². The van der Waals surface area contributed by atoms with Gasteiger partial charge in [-0.15, -0.1) is 0 Å². The fraction of sp³-hybridized carbons (Fsp3) is 0.667. The molecule has 21 heavy (non-hydrogen) atoms. The zero-order valence-electron chi connectivity index (χ0n) is 13.2. The van der Waals surface area contributed by atoms with Crippen LogP contribution in [0, 0.1) is 0 Å². The highest BCUT2D eigenvalue weighted by atomic mass is 16.5. The summed E-state index contributed by atoms with van der Waals surface area (Å²) in [5, 5.41) is 3.67. The van der Waals surface area contributed by atoms with Crippen LogP contribution in [0.3, 0.4) is 0 Å². The van der Waals surface area contributed by atoms with Crippen LogP contribution >= 0.6 is 0 Å². The summed E-state index contributed by atoms with van der Waals surface area (Å²) in [6.45, 7) is 3.29. The number of methoxy groups -OCH3 is 1. The Kier molecular flexibility index (Phi) is 7.79. The SMILES string of the molecule is COCCOCCCNC1CCC(c2ccccc2)CC1. The molecule has 1 aliphatic carbocycles. The summed E-state index contributed by atoms with van der Waals surface area (Å²) < 4.78 is 10.4. The van der Waals surface area contributed by atoms with Crippen molar-refractivity contribution in [3.63, 3.8) is 0 Å². The molecule has 0 bridgehead atoms. The number of hydrogen-bond acceptors (Lipinski definition) is 3. The Labute approximate surface area is 129 Å². The van der Waals surface area contributed by atoms with Crippen molar-refractivity contribution in [1.82, 2.24) is 5.32 Å². The number of rotatable bonds is 9. The predicted molar refractivity (Wildman–Crippen MR) is 86.8 cm³/mol. The molecule has 0 aliphatic heterocycles. The molecule has 0 spiro atoms. The second-order valence-corrected chi connectivity index (χ2v) is 5.87. The van der Waals surface area contributed by atoms with Gasteiger partial charge < -0.3 is 14.8 Å². The lowest BCUT2D eigenvalue weighted by Gasteiger charge is -2.29. The predicted octanol–water partition coefficient (Wildman–Crippen LogP) is 3.36. The van der Waals surface area contributed by atoms with E-state index < -0.39 is 0 Å².